The summed E-state index contributed by atoms with van der Waals surface area (Å²) in [6.45, 7) is 2.20. The predicted molar refractivity (Wildman–Crippen MR) is 131 cm³/mol. The second-order valence-electron chi connectivity index (χ2n) is 8.57. The molecule has 1 N–H and O–H groups in total. The minimum Gasteiger partial charge on any atom is -0.493 e. The molecule has 0 saturated heterocycles. The van der Waals surface area contributed by atoms with E-state index in [9.17, 15) is 9.59 Å². The monoisotopic (exact) mass is 470 g/mol. The van der Waals surface area contributed by atoms with Crippen LogP contribution in [0, 0.1) is 0 Å². The molecule has 4 rings (SSSR count). The maximum atomic E-state index is 13.7. The molecule has 2 aromatic heterocycles. The number of nitrogens with one attached hydrogen (secondary N) is 1. The fourth-order valence-electron chi connectivity index (χ4n) is 4.33. The molecule has 33 heavy (non-hydrogen) atoms. The van der Waals surface area contributed by atoms with Gasteiger partial charge in [0.15, 0.2) is 11.5 Å². The maximum absolute atomic E-state index is 13.7. The first-order chi connectivity index (χ1) is 15.8. The number of carbonyl (C=O) groups is 1. The lowest BCUT2D eigenvalue weighted by atomic mass is 9.97. The van der Waals surface area contributed by atoms with E-state index in [0.29, 0.717) is 34.9 Å². The quantitative estimate of drug-likeness (QED) is 0.568. The van der Waals surface area contributed by atoms with Gasteiger partial charge in [0, 0.05) is 16.6 Å². The smallest absolute Gasteiger partial charge is 0.263 e. The molecule has 2 heterocycles. The lowest BCUT2D eigenvalue weighted by Crippen LogP contribution is -2.36. The first kappa shape index (κ1) is 23.3. The fourth-order valence-corrected chi connectivity index (χ4v) is 5.60. The molecule has 8 nitrogen and oxygen atoms in total. The first-order valence-electron chi connectivity index (χ1n) is 11.1. The fraction of sp³-hybridized carbons (Fsp3) is 0.458. The van der Waals surface area contributed by atoms with Crippen molar-refractivity contribution in [1.82, 2.24) is 14.5 Å². The number of aromatic nitrogens is 2. The first-order valence-corrected chi connectivity index (χ1v) is 11.9. The van der Waals surface area contributed by atoms with Crippen molar-refractivity contribution in [3.63, 3.8) is 0 Å². The molecule has 0 fully saturated rings. The Hall–Kier alpha value is -2.91. The van der Waals surface area contributed by atoms with Crippen LogP contribution in [0.15, 0.2) is 23.0 Å². The van der Waals surface area contributed by atoms with Crippen molar-refractivity contribution >= 4 is 33.1 Å². The molecule has 1 unspecified atom stereocenters. The third-order valence-electron chi connectivity index (χ3n) is 5.97. The van der Waals surface area contributed by atoms with Crippen molar-refractivity contribution in [2.24, 2.45) is 0 Å². The molecule has 176 valence electrons. The number of amides is 1. The van der Waals surface area contributed by atoms with Crippen LogP contribution in [-0.2, 0) is 24.2 Å². The lowest BCUT2D eigenvalue weighted by molar-refractivity contribution is -0.119. The molecule has 3 aromatic rings. The number of hydrogen-bond donors (Lipinski definition) is 1. The van der Waals surface area contributed by atoms with Gasteiger partial charge in [-0.05, 0) is 64.4 Å². The Balaban J connectivity index is 1.74. The molecule has 0 saturated carbocycles. The summed E-state index contributed by atoms with van der Waals surface area (Å²) in [5.41, 5.74) is 1.55. The third kappa shape index (κ3) is 4.47. The van der Waals surface area contributed by atoms with Gasteiger partial charge >= 0.3 is 0 Å². The minimum absolute atomic E-state index is 0.133. The van der Waals surface area contributed by atoms with E-state index in [4.69, 9.17) is 14.5 Å². The summed E-state index contributed by atoms with van der Waals surface area (Å²) in [6.07, 6.45) is 4.11. The minimum atomic E-state index is -0.739. The zero-order chi connectivity index (χ0) is 23.7. The Morgan fingerprint density at radius 3 is 2.64 bits per heavy atom. The number of aryl methyl sites for hydroxylation is 2. The largest absolute Gasteiger partial charge is 0.493 e. The lowest BCUT2D eigenvalue weighted by Gasteiger charge is -2.21. The molecule has 1 aliphatic carbocycles. The molecule has 0 radical (unpaired) electrons. The van der Waals surface area contributed by atoms with E-state index in [0.717, 1.165) is 36.1 Å². The molecule has 1 aliphatic rings. The molecule has 1 aromatic carbocycles. The summed E-state index contributed by atoms with van der Waals surface area (Å²) >= 11 is 1.62. The Kier molecular flexibility index (Phi) is 6.71. The van der Waals surface area contributed by atoms with E-state index in [1.54, 1.807) is 55.2 Å². The molecule has 1 atom stereocenters. The second kappa shape index (κ2) is 9.52. The van der Waals surface area contributed by atoms with Crippen molar-refractivity contribution in [2.45, 2.75) is 45.2 Å². The highest BCUT2D eigenvalue weighted by atomic mass is 32.1. The maximum Gasteiger partial charge on any atom is 0.263 e. The van der Waals surface area contributed by atoms with Crippen molar-refractivity contribution in [2.75, 3.05) is 33.6 Å². The van der Waals surface area contributed by atoms with Gasteiger partial charge in [-0.2, -0.15) is 0 Å². The molecule has 1 amide bonds. The van der Waals surface area contributed by atoms with Gasteiger partial charge < -0.3 is 19.7 Å². The van der Waals surface area contributed by atoms with E-state index >= 15 is 0 Å². The predicted octanol–water partition coefficient (Wildman–Crippen LogP) is 3.62. The van der Waals surface area contributed by atoms with Gasteiger partial charge in [-0.3, -0.25) is 14.2 Å². The van der Waals surface area contributed by atoms with Crippen LogP contribution in [0.25, 0.3) is 10.2 Å². The Labute approximate surface area is 197 Å². The summed E-state index contributed by atoms with van der Waals surface area (Å²) in [6, 6.07) is 4.43. The Bertz CT molecular complexity index is 1250. The summed E-state index contributed by atoms with van der Waals surface area (Å²) in [4.78, 5) is 35.8. The van der Waals surface area contributed by atoms with Crippen LogP contribution in [0.2, 0.25) is 0 Å². The summed E-state index contributed by atoms with van der Waals surface area (Å²) < 4.78 is 12.2. The van der Waals surface area contributed by atoms with E-state index in [1.807, 2.05) is 19.0 Å². The van der Waals surface area contributed by atoms with Crippen LogP contribution in [0.1, 0.15) is 42.1 Å². The highest BCUT2D eigenvalue weighted by molar-refractivity contribution is 7.18. The van der Waals surface area contributed by atoms with Crippen molar-refractivity contribution in [3.05, 3.63) is 44.8 Å². The Morgan fingerprint density at radius 1 is 1.21 bits per heavy atom. The molecule has 0 aliphatic heterocycles. The number of thiophene rings is 1. The van der Waals surface area contributed by atoms with Crippen LogP contribution in [-0.4, -0.2) is 48.7 Å². The van der Waals surface area contributed by atoms with Crippen LogP contribution in [0.5, 0.6) is 11.5 Å². The zero-order valence-corrected chi connectivity index (χ0v) is 20.5. The highest BCUT2D eigenvalue weighted by Crippen LogP contribution is 2.34. The number of benzene rings is 1. The van der Waals surface area contributed by atoms with E-state index < -0.39 is 6.04 Å². The number of ether oxygens (including phenoxy) is 2. The third-order valence-corrected chi connectivity index (χ3v) is 7.16. The molecule has 0 spiro atoms. The average Bonchev–Trinajstić information content (AvgIpc) is 3.16. The van der Waals surface area contributed by atoms with Crippen molar-refractivity contribution in [3.8, 4) is 11.5 Å². The van der Waals surface area contributed by atoms with E-state index in [-0.39, 0.29) is 11.5 Å². The van der Waals surface area contributed by atoms with Crippen molar-refractivity contribution < 1.29 is 14.3 Å². The van der Waals surface area contributed by atoms with Crippen LogP contribution < -0.4 is 20.3 Å². The number of carbonyl (C=O) groups excluding carboxylic acids is 1. The zero-order valence-electron chi connectivity index (χ0n) is 19.7. The van der Waals surface area contributed by atoms with Crippen LogP contribution in [0.4, 0.5) is 5.69 Å². The number of nitrogens with zero attached hydrogens (tertiary/aromatic N) is 3. The Morgan fingerprint density at radius 2 is 1.94 bits per heavy atom. The van der Waals surface area contributed by atoms with Gasteiger partial charge in [-0.1, -0.05) is 0 Å². The number of fused-ring (bicyclic) bond motifs is 3. The van der Waals surface area contributed by atoms with E-state index in [1.165, 1.54) is 4.88 Å². The van der Waals surface area contributed by atoms with Crippen LogP contribution >= 0.6 is 11.3 Å². The SMILES string of the molecule is COc1ccc(NC(=O)C(C)n2c(CN(C)C)nc3sc4c(c3c2=O)CCCC4)cc1OC. The highest BCUT2D eigenvalue weighted by Gasteiger charge is 2.26. The van der Waals surface area contributed by atoms with Crippen molar-refractivity contribution in [1.29, 1.82) is 0 Å². The molecular formula is C24H30N4O4S. The molecule has 0 bridgehead atoms. The second-order valence-corrected chi connectivity index (χ2v) is 9.65. The van der Waals surface area contributed by atoms with E-state index in [2.05, 4.69) is 5.32 Å². The van der Waals surface area contributed by atoms with Gasteiger partial charge in [0.25, 0.3) is 5.56 Å². The summed E-state index contributed by atoms with van der Waals surface area (Å²) in [5, 5.41) is 3.59. The molecular weight excluding hydrogens is 440 g/mol. The summed E-state index contributed by atoms with van der Waals surface area (Å²) in [7, 11) is 6.95. The standard InChI is InChI=1S/C24H30N4O4S/c1-14(22(29)25-15-10-11-17(31-4)18(12-15)32-5)28-20(13-27(2)3)26-23-21(24(28)30)16-8-6-7-9-19(16)33-23/h10-12,14H,6-9,13H2,1-5H3,(H,25,29). The average molecular weight is 471 g/mol. The van der Waals surface area contributed by atoms with Crippen LogP contribution in [0.3, 0.4) is 0 Å². The molecule has 9 heteroatoms. The number of rotatable bonds is 7. The normalized spacial score (nSPS) is 14.2. The topological polar surface area (TPSA) is 85.7 Å². The van der Waals surface area contributed by atoms with Gasteiger partial charge in [0.05, 0.1) is 26.2 Å². The number of anilines is 1. The number of methoxy groups -OCH3 is 2. The van der Waals surface area contributed by atoms with Gasteiger partial charge in [0.2, 0.25) is 5.91 Å². The van der Waals surface area contributed by atoms with Gasteiger partial charge in [-0.15, -0.1) is 11.3 Å². The van der Waals surface area contributed by atoms with Gasteiger partial charge in [-0.25, -0.2) is 4.98 Å². The number of hydrogen-bond acceptors (Lipinski definition) is 7. The summed E-state index contributed by atoms with van der Waals surface area (Å²) in [5.74, 6) is 1.38. The van der Waals surface area contributed by atoms with Gasteiger partial charge in [0.1, 0.15) is 16.7 Å².